The van der Waals surface area contributed by atoms with Crippen LogP contribution in [0, 0.1) is 0 Å². The van der Waals surface area contributed by atoms with Crippen LogP contribution in [-0.2, 0) is 0 Å². The number of aromatic nitrogens is 3. The van der Waals surface area contributed by atoms with Crippen molar-refractivity contribution in [2.45, 2.75) is 0 Å². The van der Waals surface area contributed by atoms with E-state index in [-0.39, 0.29) is 0 Å². The third-order valence-corrected chi connectivity index (χ3v) is 11.5. The number of benzene rings is 9. The smallest absolute Gasteiger partial charge is 0.165 e. The summed E-state index contributed by atoms with van der Waals surface area (Å²) in [5.74, 6) is 0.814. The fraction of sp³-hybridized carbons (Fsp3) is 0. The molecule has 0 saturated carbocycles. The van der Waals surface area contributed by atoms with Crippen LogP contribution >= 0.6 is 0 Å². The Morgan fingerprint density at radius 1 is 0.345 bits per heavy atom. The third-order valence-electron chi connectivity index (χ3n) is 11.5. The number of hydrogen-bond donors (Lipinski definition) is 0. The molecule has 55 heavy (non-hydrogen) atoms. The molecule has 0 aliphatic heterocycles. The van der Waals surface area contributed by atoms with Gasteiger partial charge in [0.25, 0.3) is 0 Å². The summed E-state index contributed by atoms with van der Waals surface area (Å²) in [7, 11) is 0. The lowest BCUT2D eigenvalue weighted by Crippen LogP contribution is -2.04. The first-order valence-electron chi connectivity index (χ1n) is 18.8. The fourth-order valence-electron chi connectivity index (χ4n) is 9.03. The molecule has 1 aliphatic carbocycles. The summed E-state index contributed by atoms with van der Waals surface area (Å²) >= 11 is 0. The highest BCUT2D eigenvalue weighted by Gasteiger charge is 2.28. The van der Waals surface area contributed by atoms with E-state index < -0.39 is 0 Å². The Kier molecular flexibility index (Phi) is 6.34. The minimum absolute atomic E-state index is 0.814. The van der Waals surface area contributed by atoms with E-state index >= 15 is 0 Å². The molecule has 0 spiro atoms. The number of rotatable bonds is 4. The molecule has 2 aromatic heterocycles. The summed E-state index contributed by atoms with van der Waals surface area (Å²) in [6.07, 6.45) is 0. The van der Waals surface area contributed by atoms with Crippen molar-refractivity contribution in [3.05, 3.63) is 188 Å². The average molecular weight is 698 g/mol. The molecule has 0 amide bonds. The summed E-state index contributed by atoms with van der Waals surface area (Å²) < 4.78 is 2.42. The number of fused-ring (bicyclic) bond motifs is 5. The van der Waals surface area contributed by atoms with Crippen LogP contribution in [0.5, 0.6) is 0 Å². The van der Waals surface area contributed by atoms with Crippen molar-refractivity contribution in [2.75, 3.05) is 0 Å². The molecule has 3 heteroatoms. The zero-order valence-corrected chi connectivity index (χ0v) is 29.7. The lowest BCUT2D eigenvalue weighted by atomic mass is 9.91. The maximum atomic E-state index is 5.71. The highest BCUT2D eigenvalue weighted by Crippen LogP contribution is 2.52. The van der Waals surface area contributed by atoms with Gasteiger partial charge in [0.1, 0.15) is 5.69 Å². The monoisotopic (exact) mass is 697 g/mol. The van der Waals surface area contributed by atoms with Gasteiger partial charge < -0.3 is 0 Å². The van der Waals surface area contributed by atoms with Crippen LogP contribution in [0.25, 0.3) is 116 Å². The van der Waals surface area contributed by atoms with Crippen LogP contribution in [-0.4, -0.2) is 14.5 Å². The molecule has 0 atom stereocenters. The van der Waals surface area contributed by atoms with E-state index in [0.717, 1.165) is 61.0 Å². The van der Waals surface area contributed by atoms with Crippen LogP contribution in [0.15, 0.2) is 188 Å². The zero-order chi connectivity index (χ0) is 36.0. The lowest BCUT2D eigenvalue weighted by Gasteiger charge is -2.17. The molecule has 12 rings (SSSR count). The van der Waals surface area contributed by atoms with Gasteiger partial charge in [-0.05, 0) is 91.0 Å². The molecule has 0 fully saturated rings. The summed E-state index contributed by atoms with van der Waals surface area (Å²) in [5, 5.41) is 7.22. The maximum Gasteiger partial charge on any atom is 0.165 e. The predicted molar refractivity (Wildman–Crippen MR) is 230 cm³/mol. The molecule has 0 bridgehead atoms. The minimum Gasteiger partial charge on any atom is -0.292 e. The minimum atomic E-state index is 0.814. The van der Waals surface area contributed by atoms with E-state index in [1.165, 1.54) is 54.9 Å². The molecule has 1 aliphatic rings. The fourth-order valence-corrected chi connectivity index (χ4v) is 9.03. The first kappa shape index (κ1) is 30.1. The quantitative estimate of drug-likeness (QED) is 0.171. The molecular weight excluding hydrogens is 667 g/mol. The van der Waals surface area contributed by atoms with Crippen molar-refractivity contribution in [3.63, 3.8) is 0 Å². The topological polar surface area (TPSA) is 30.7 Å². The van der Waals surface area contributed by atoms with E-state index in [1.54, 1.807) is 0 Å². The highest BCUT2D eigenvalue weighted by atomic mass is 15.1. The van der Waals surface area contributed by atoms with E-state index in [9.17, 15) is 0 Å². The van der Waals surface area contributed by atoms with Crippen LogP contribution in [0.1, 0.15) is 0 Å². The first-order valence-corrected chi connectivity index (χ1v) is 18.8. The third kappa shape index (κ3) is 4.44. The van der Waals surface area contributed by atoms with Crippen molar-refractivity contribution < 1.29 is 0 Å². The molecule has 0 saturated heterocycles. The van der Waals surface area contributed by atoms with E-state index in [0.29, 0.717) is 0 Å². The summed E-state index contributed by atoms with van der Waals surface area (Å²) in [6, 6.07) is 67.9. The second-order valence-electron chi connectivity index (χ2n) is 14.5. The normalized spacial score (nSPS) is 12.0. The Bertz CT molecular complexity index is 3210. The van der Waals surface area contributed by atoms with Gasteiger partial charge in [0.05, 0.1) is 22.1 Å². The second-order valence-corrected chi connectivity index (χ2v) is 14.5. The Labute approximate surface area is 317 Å². The van der Waals surface area contributed by atoms with Crippen LogP contribution in [0.2, 0.25) is 0 Å². The van der Waals surface area contributed by atoms with Crippen molar-refractivity contribution >= 4 is 54.4 Å². The Morgan fingerprint density at radius 2 is 0.873 bits per heavy atom. The molecule has 9 aromatic carbocycles. The van der Waals surface area contributed by atoms with Crippen molar-refractivity contribution in [2.24, 2.45) is 0 Å². The Balaban J connectivity index is 1.34. The Morgan fingerprint density at radius 3 is 1.47 bits per heavy atom. The van der Waals surface area contributed by atoms with Crippen molar-refractivity contribution in [3.8, 4) is 61.6 Å². The summed E-state index contributed by atoms with van der Waals surface area (Å²) in [4.78, 5) is 11.2. The second kappa shape index (κ2) is 11.6. The summed E-state index contributed by atoms with van der Waals surface area (Å²) in [5.41, 5.74) is 15.5. The van der Waals surface area contributed by atoms with Gasteiger partial charge in [0, 0.05) is 21.7 Å². The molecular formula is C52H31N3. The maximum absolute atomic E-state index is 5.71. The van der Waals surface area contributed by atoms with Gasteiger partial charge in [-0.3, -0.25) is 4.57 Å². The van der Waals surface area contributed by atoms with Crippen molar-refractivity contribution in [1.82, 2.24) is 14.5 Å². The van der Waals surface area contributed by atoms with Gasteiger partial charge in [0.15, 0.2) is 5.82 Å². The standard InChI is InChI=1S/C52H31N3/c1-4-14-32(15-5-1)37-28-42-40-24-12-21-35-22-13-25-41(47(35)40)43-29-38(33-16-6-2-7-17-33)31-46-49(43)48(42)45(30-37)55(46)52-50(36-19-8-3-9-20-36)53-44-27-26-34-18-10-11-23-39(34)51(44)54-52/h1-31H. The average Bonchev–Trinajstić information content (AvgIpc) is 3.53. The largest absolute Gasteiger partial charge is 0.292 e. The highest BCUT2D eigenvalue weighted by molar-refractivity contribution is 6.28. The van der Waals surface area contributed by atoms with Gasteiger partial charge in [-0.1, -0.05) is 158 Å². The van der Waals surface area contributed by atoms with E-state index in [1.807, 2.05) is 0 Å². The van der Waals surface area contributed by atoms with E-state index in [4.69, 9.17) is 9.97 Å². The van der Waals surface area contributed by atoms with Gasteiger partial charge in [-0.2, -0.15) is 0 Å². The first-order chi connectivity index (χ1) is 27.3. The Hall–Kier alpha value is -7.36. The van der Waals surface area contributed by atoms with Gasteiger partial charge in [-0.25, -0.2) is 9.97 Å². The van der Waals surface area contributed by atoms with Gasteiger partial charge in [0.2, 0.25) is 0 Å². The van der Waals surface area contributed by atoms with Gasteiger partial charge in [-0.15, -0.1) is 0 Å². The molecule has 0 N–H and O–H groups in total. The van der Waals surface area contributed by atoms with Crippen LogP contribution in [0.3, 0.4) is 0 Å². The summed E-state index contributed by atoms with van der Waals surface area (Å²) in [6.45, 7) is 0. The predicted octanol–water partition coefficient (Wildman–Crippen LogP) is 13.7. The zero-order valence-electron chi connectivity index (χ0n) is 29.7. The molecule has 2 heterocycles. The number of hydrogen-bond acceptors (Lipinski definition) is 2. The van der Waals surface area contributed by atoms with Crippen molar-refractivity contribution in [1.29, 1.82) is 0 Å². The molecule has 11 aromatic rings. The molecule has 0 radical (unpaired) electrons. The van der Waals surface area contributed by atoms with Crippen LogP contribution < -0.4 is 0 Å². The molecule has 3 nitrogen and oxygen atoms in total. The SMILES string of the molecule is c1ccc(-c2cc3c4c5c(cc(-c6ccccc6)cc5n(-c5nc6c(ccc7ccccc76)nc5-c5ccccc5)c4c2)-c2cccc4cccc-3c24)cc1. The molecule has 0 unspecified atom stereocenters. The van der Waals surface area contributed by atoms with Crippen LogP contribution in [0.4, 0.5) is 0 Å². The molecule has 254 valence electrons. The van der Waals surface area contributed by atoms with E-state index in [2.05, 4.69) is 193 Å². The lowest BCUT2D eigenvalue weighted by molar-refractivity contribution is 1.08. The number of nitrogens with zero attached hydrogens (tertiary/aromatic N) is 3. The van der Waals surface area contributed by atoms with Gasteiger partial charge >= 0.3 is 0 Å².